The molecule has 1 aliphatic carbocycles. The number of benzene rings is 1. The van der Waals surface area contributed by atoms with Gasteiger partial charge in [-0.3, -0.25) is 9.69 Å². The minimum absolute atomic E-state index is 0.122. The summed E-state index contributed by atoms with van der Waals surface area (Å²) in [5.74, 6) is 0.122. The molecular weight excluding hydrogens is 370 g/mol. The van der Waals surface area contributed by atoms with E-state index >= 15 is 0 Å². The van der Waals surface area contributed by atoms with Crippen LogP contribution >= 0.6 is 0 Å². The van der Waals surface area contributed by atoms with Gasteiger partial charge in [-0.2, -0.15) is 0 Å². The molecule has 2 aliphatic heterocycles. The maximum Gasteiger partial charge on any atom is 0.273 e. The summed E-state index contributed by atoms with van der Waals surface area (Å²) in [5, 5.41) is 0. The molecule has 1 aromatic carbocycles. The van der Waals surface area contributed by atoms with E-state index in [0.717, 1.165) is 18.5 Å². The number of rotatable bonds is 3. The fourth-order valence-corrected chi connectivity index (χ4v) is 6.78. The van der Waals surface area contributed by atoms with Crippen LogP contribution < -0.4 is 0 Å². The molecular formula is C26H33N3O. The van der Waals surface area contributed by atoms with Crippen molar-refractivity contribution < 1.29 is 4.79 Å². The maximum atomic E-state index is 14.0. The van der Waals surface area contributed by atoms with E-state index < -0.39 is 0 Å². The third kappa shape index (κ3) is 3.08. The monoisotopic (exact) mass is 403 g/mol. The predicted octanol–water partition coefficient (Wildman–Crippen LogP) is 4.48. The van der Waals surface area contributed by atoms with Gasteiger partial charge in [0.1, 0.15) is 5.69 Å². The summed E-state index contributed by atoms with van der Waals surface area (Å²) in [4.78, 5) is 23.5. The zero-order valence-corrected chi connectivity index (χ0v) is 18.4. The molecule has 5 atom stereocenters. The number of amides is 1. The number of carbonyl (C=O) groups excluding carboxylic acids is 1. The molecule has 2 aromatic rings. The molecule has 0 radical (unpaired) electrons. The highest BCUT2D eigenvalue weighted by molar-refractivity contribution is 5.93. The number of fused-ring (bicyclic) bond motifs is 1. The molecule has 2 saturated heterocycles. The molecule has 1 amide bonds. The van der Waals surface area contributed by atoms with Crippen LogP contribution in [0, 0.1) is 12.3 Å². The van der Waals surface area contributed by atoms with Crippen LogP contribution in [0.15, 0.2) is 48.5 Å². The molecule has 4 heteroatoms. The molecule has 3 heterocycles. The molecule has 0 N–H and O–H groups in total. The summed E-state index contributed by atoms with van der Waals surface area (Å²) >= 11 is 0. The highest BCUT2D eigenvalue weighted by atomic mass is 16.2. The van der Waals surface area contributed by atoms with Gasteiger partial charge >= 0.3 is 0 Å². The Morgan fingerprint density at radius 3 is 2.53 bits per heavy atom. The topological polar surface area (TPSA) is 36.4 Å². The van der Waals surface area contributed by atoms with Crippen LogP contribution in [0.3, 0.4) is 0 Å². The second-order valence-electron chi connectivity index (χ2n) is 9.89. The Balaban J connectivity index is 1.60. The van der Waals surface area contributed by atoms with Crippen molar-refractivity contribution in [1.29, 1.82) is 0 Å². The van der Waals surface area contributed by atoms with E-state index in [4.69, 9.17) is 0 Å². The normalized spacial score (nSPS) is 33.4. The summed E-state index contributed by atoms with van der Waals surface area (Å²) in [6, 6.07) is 18.0. The van der Waals surface area contributed by atoms with E-state index in [1.165, 1.54) is 31.2 Å². The van der Waals surface area contributed by atoms with Crippen molar-refractivity contribution in [3.8, 4) is 0 Å². The van der Waals surface area contributed by atoms with Crippen LogP contribution in [-0.4, -0.2) is 51.9 Å². The maximum absolute atomic E-state index is 14.0. The fraction of sp³-hybridized carbons (Fsp3) is 0.538. The summed E-state index contributed by atoms with van der Waals surface area (Å²) in [6.07, 6.45) is 6.94. The van der Waals surface area contributed by atoms with Crippen molar-refractivity contribution >= 4 is 5.91 Å². The van der Waals surface area contributed by atoms with Gasteiger partial charge in [-0.25, -0.2) is 4.98 Å². The average Bonchev–Trinajstić information content (AvgIpc) is 2.86. The first kappa shape index (κ1) is 19.7. The molecule has 2 bridgehead atoms. The summed E-state index contributed by atoms with van der Waals surface area (Å²) in [6.45, 7) is 4.42. The van der Waals surface area contributed by atoms with Gasteiger partial charge in [0, 0.05) is 29.2 Å². The number of hydrogen-bond acceptors (Lipinski definition) is 3. The Hall–Kier alpha value is -2.20. The minimum atomic E-state index is 0.122. The molecule has 3 fully saturated rings. The number of carbonyl (C=O) groups is 1. The van der Waals surface area contributed by atoms with Gasteiger partial charge in [-0.05, 0) is 57.4 Å². The van der Waals surface area contributed by atoms with E-state index in [2.05, 4.69) is 59.1 Å². The van der Waals surface area contributed by atoms with Gasteiger partial charge < -0.3 is 4.90 Å². The van der Waals surface area contributed by atoms with Crippen LogP contribution in [0.1, 0.15) is 60.8 Å². The van der Waals surface area contributed by atoms with Crippen LogP contribution in [0.25, 0.3) is 0 Å². The molecule has 1 saturated carbocycles. The van der Waals surface area contributed by atoms with Crippen LogP contribution in [0.5, 0.6) is 0 Å². The number of piperidine rings is 1. The van der Waals surface area contributed by atoms with E-state index in [-0.39, 0.29) is 23.4 Å². The summed E-state index contributed by atoms with van der Waals surface area (Å²) in [7, 11) is 2.31. The highest BCUT2D eigenvalue weighted by Crippen LogP contribution is 2.55. The molecule has 0 unspecified atom stereocenters. The minimum Gasteiger partial charge on any atom is -0.329 e. The number of pyridine rings is 1. The Morgan fingerprint density at radius 2 is 1.80 bits per heavy atom. The Morgan fingerprint density at radius 1 is 1.07 bits per heavy atom. The predicted molar refractivity (Wildman–Crippen MR) is 119 cm³/mol. The number of hydrogen-bond donors (Lipinski definition) is 0. The van der Waals surface area contributed by atoms with Crippen molar-refractivity contribution in [2.75, 3.05) is 7.05 Å². The standard InChI is InChI=1S/C26H33N3O/c1-18-10-9-13-20(27-18)25(30)29-21(16-19-11-5-4-6-12-19)22-17-26(2)23(28(22)3)14-7-8-15-24(26)29/h4-6,9-13,21-24H,7-8,14-17H2,1-3H3/t21-,22-,23-,24+,26-/m0/s1. The average molecular weight is 404 g/mol. The van der Waals surface area contributed by atoms with E-state index in [9.17, 15) is 4.79 Å². The lowest BCUT2D eigenvalue weighted by Gasteiger charge is -2.51. The second kappa shape index (κ2) is 7.49. The van der Waals surface area contributed by atoms with Gasteiger partial charge in [0.2, 0.25) is 0 Å². The summed E-state index contributed by atoms with van der Waals surface area (Å²) < 4.78 is 0. The van der Waals surface area contributed by atoms with Crippen molar-refractivity contribution in [3.05, 3.63) is 65.5 Å². The zero-order valence-electron chi connectivity index (χ0n) is 18.4. The molecule has 5 rings (SSSR count). The van der Waals surface area contributed by atoms with Crippen molar-refractivity contribution in [3.63, 3.8) is 0 Å². The molecule has 30 heavy (non-hydrogen) atoms. The Labute approximate surface area is 180 Å². The van der Waals surface area contributed by atoms with Gasteiger partial charge in [0.25, 0.3) is 5.91 Å². The number of likely N-dealkylation sites (N-methyl/N-ethyl adjacent to an activating group) is 1. The number of aryl methyl sites for hydroxylation is 1. The Bertz CT molecular complexity index is 929. The SMILES string of the molecule is Cc1cccc(C(=O)N2[C@@H](Cc3ccccc3)[C@@H]3C[C@@]4(C)[C@H](CCCC[C@@H]24)N3C)n1. The first-order chi connectivity index (χ1) is 14.5. The number of nitrogens with zero attached hydrogens (tertiary/aromatic N) is 3. The van der Waals surface area contributed by atoms with Crippen molar-refractivity contribution in [1.82, 2.24) is 14.8 Å². The van der Waals surface area contributed by atoms with E-state index in [1.54, 1.807) is 0 Å². The smallest absolute Gasteiger partial charge is 0.273 e. The highest BCUT2D eigenvalue weighted by Gasteiger charge is 2.61. The van der Waals surface area contributed by atoms with Gasteiger partial charge in [-0.1, -0.05) is 56.2 Å². The van der Waals surface area contributed by atoms with E-state index in [0.29, 0.717) is 17.8 Å². The quantitative estimate of drug-likeness (QED) is 0.758. The van der Waals surface area contributed by atoms with Crippen LogP contribution in [0.2, 0.25) is 0 Å². The molecule has 3 aliphatic rings. The second-order valence-corrected chi connectivity index (χ2v) is 9.89. The van der Waals surface area contributed by atoms with Crippen molar-refractivity contribution in [2.45, 2.75) is 76.5 Å². The van der Waals surface area contributed by atoms with Gasteiger partial charge in [-0.15, -0.1) is 0 Å². The van der Waals surface area contributed by atoms with Crippen molar-refractivity contribution in [2.24, 2.45) is 5.41 Å². The van der Waals surface area contributed by atoms with E-state index in [1.807, 2.05) is 25.1 Å². The lowest BCUT2D eigenvalue weighted by atomic mass is 9.69. The first-order valence-electron chi connectivity index (χ1n) is 11.5. The fourth-order valence-electron chi connectivity index (χ4n) is 6.78. The third-order valence-electron chi connectivity index (χ3n) is 8.16. The molecule has 158 valence electrons. The van der Waals surface area contributed by atoms with Gasteiger partial charge in [0.05, 0.1) is 6.04 Å². The van der Waals surface area contributed by atoms with Crippen LogP contribution in [0.4, 0.5) is 0 Å². The first-order valence-corrected chi connectivity index (χ1v) is 11.5. The number of likely N-dealkylation sites (tertiary alicyclic amines) is 2. The number of aromatic nitrogens is 1. The molecule has 0 spiro atoms. The Kier molecular flexibility index (Phi) is 4.93. The largest absolute Gasteiger partial charge is 0.329 e. The molecule has 1 aromatic heterocycles. The third-order valence-corrected chi connectivity index (χ3v) is 8.16. The summed E-state index contributed by atoms with van der Waals surface area (Å²) in [5.41, 5.74) is 2.99. The zero-order chi connectivity index (χ0) is 20.9. The van der Waals surface area contributed by atoms with Gasteiger partial charge in [0.15, 0.2) is 0 Å². The lowest BCUT2D eigenvalue weighted by Crippen LogP contribution is -2.61. The van der Waals surface area contributed by atoms with Crippen LogP contribution in [-0.2, 0) is 6.42 Å². The lowest BCUT2D eigenvalue weighted by molar-refractivity contribution is 0.00165. The molecule has 4 nitrogen and oxygen atoms in total.